The number of anilines is 1. The second-order valence-corrected chi connectivity index (χ2v) is 5.04. The third kappa shape index (κ3) is 4.94. The number of aryl methyl sites for hydroxylation is 1. The van der Waals surface area contributed by atoms with E-state index in [0.717, 1.165) is 0 Å². The number of aliphatic carboxylic acids is 1. The van der Waals surface area contributed by atoms with Crippen molar-refractivity contribution in [1.82, 2.24) is 9.97 Å². The molecule has 1 amide bonds. The van der Waals surface area contributed by atoms with Crippen molar-refractivity contribution in [3.63, 3.8) is 0 Å². The van der Waals surface area contributed by atoms with E-state index in [4.69, 9.17) is 9.84 Å². The minimum absolute atomic E-state index is 0.00501. The summed E-state index contributed by atoms with van der Waals surface area (Å²) in [5.41, 5.74) is 0.435. The summed E-state index contributed by atoms with van der Waals surface area (Å²) in [6.45, 7) is 1.40. The van der Waals surface area contributed by atoms with Gasteiger partial charge in [0.25, 0.3) is 5.56 Å². The van der Waals surface area contributed by atoms with Gasteiger partial charge < -0.3 is 20.1 Å². The summed E-state index contributed by atoms with van der Waals surface area (Å²) < 4.78 is 5.58. The number of hydrogen-bond acceptors (Lipinski definition) is 5. The molecular formula is C16H17N3O5. The molecule has 0 saturated carbocycles. The molecule has 2 rings (SSSR count). The number of benzene rings is 1. The van der Waals surface area contributed by atoms with Gasteiger partial charge in [-0.2, -0.15) is 0 Å². The van der Waals surface area contributed by atoms with Crippen LogP contribution >= 0.6 is 0 Å². The van der Waals surface area contributed by atoms with Gasteiger partial charge in [-0.3, -0.25) is 14.4 Å². The van der Waals surface area contributed by atoms with Crippen LogP contribution in [0.25, 0.3) is 0 Å². The molecule has 1 heterocycles. The molecule has 0 fully saturated rings. The number of para-hydroxylation sites is 2. The van der Waals surface area contributed by atoms with E-state index >= 15 is 0 Å². The second-order valence-electron chi connectivity index (χ2n) is 5.04. The quantitative estimate of drug-likeness (QED) is 0.703. The van der Waals surface area contributed by atoms with Crippen molar-refractivity contribution in [2.24, 2.45) is 0 Å². The maximum absolute atomic E-state index is 11.9. The van der Waals surface area contributed by atoms with Crippen molar-refractivity contribution in [2.45, 2.75) is 26.4 Å². The number of hydrogen-bond donors (Lipinski definition) is 3. The van der Waals surface area contributed by atoms with Crippen LogP contribution in [0.4, 0.5) is 5.69 Å². The molecule has 1 aromatic heterocycles. The number of nitrogens with one attached hydrogen (secondary N) is 2. The Kier molecular flexibility index (Phi) is 5.67. The molecule has 0 bridgehead atoms. The second kappa shape index (κ2) is 7.91. The van der Waals surface area contributed by atoms with Gasteiger partial charge >= 0.3 is 5.97 Å². The molecule has 0 aliphatic rings. The first-order chi connectivity index (χ1) is 11.5. The number of carboxylic acid groups (broad SMARTS) is 1. The Morgan fingerprint density at radius 3 is 2.75 bits per heavy atom. The van der Waals surface area contributed by atoms with E-state index < -0.39 is 5.97 Å². The van der Waals surface area contributed by atoms with Gasteiger partial charge in [0.05, 0.1) is 5.69 Å². The number of amides is 1. The Bertz CT molecular complexity index is 800. The van der Waals surface area contributed by atoms with Gasteiger partial charge in [-0.1, -0.05) is 12.1 Å². The van der Waals surface area contributed by atoms with E-state index in [-0.39, 0.29) is 30.9 Å². The molecular weight excluding hydrogens is 314 g/mol. The van der Waals surface area contributed by atoms with Crippen LogP contribution in [0, 0.1) is 0 Å². The molecule has 24 heavy (non-hydrogen) atoms. The number of aromatic nitrogens is 2. The molecule has 0 atom stereocenters. The van der Waals surface area contributed by atoms with Crippen LogP contribution in [-0.2, 0) is 22.6 Å². The number of ether oxygens (including phenoxy) is 1. The summed E-state index contributed by atoms with van der Waals surface area (Å²) in [5.74, 6) is -0.446. The van der Waals surface area contributed by atoms with E-state index in [2.05, 4.69) is 15.3 Å². The van der Waals surface area contributed by atoms with Crippen LogP contribution in [0.3, 0.4) is 0 Å². The summed E-state index contributed by atoms with van der Waals surface area (Å²) in [6, 6.07) is 6.90. The summed E-state index contributed by atoms with van der Waals surface area (Å²) in [6.07, 6.45) is 1.33. The topological polar surface area (TPSA) is 121 Å². The molecule has 3 N–H and O–H groups in total. The fourth-order valence-corrected chi connectivity index (χ4v) is 1.98. The number of carboxylic acids is 1. The summed E-state index contributed by atoms with van der Waals surface area (Å²) in [4.78, 5) is 40.2. The van der Waals surface area contributed by atoms with Crippen molar-refractivity contribution < 1.29 is 19.4 Å². The highest BCUT2D eigenvalue weighted by Crippen LogP contribution is 2.24. The van der Waals surface area contributed by atoms with Crippen molar-refractivity contribution in [1.29, 1.82) is 0 Å². The van der Waals surface area contributed by atoms with Crippen LogP contribution in [-0.4, -0.2) is 27.0 Å². The van der Waals surface area contributed by atoms with Gasteiger partial charge in [-0.15, -0.1) is 0 Å². The monoisotopic (exact) mass is 331 g/mol. The van der Waals surface area contributed by atoms with Gasteiger partial charge in [-0.05, 0) is 18.6 Å². The zero-order valence-corrected chi connectivity index (χ0v) is 13.0. The molecule has 0 aliphatic heterocycles. The minimum Gasteiger partial charge on any atom is -0.484 e. The number of H-pyrrole nitrogens is 1. The van der Waals surface area contributed by atoms with Crippen LogP contribution in [0.15, 0.2) is 35.3 Å². The fraction of sp³-hybridized carbons (Fsp3) is 0.250. The zero-order chi connectivity index (χ0) is 17.5. The highest BCUT2D eigenvalue weighted by atomic mass is 16.5. The average molecular weight is 331 g/mol. The number of carbonyl (C=O) groups excluding carboxylic acids is 1. The molecule has 126 valence electrons. The summed E-state index contributed by atoms with van der Waals surface area (Å²) in [5, 5.41) is 11.3. The molecule has 0 saturated heterocycles. The highest BCUT2D eigenvalue weighted by Gasteiger charge is 2.08. The number of nitrogens with zero attached hydrogens (tertiary/aromatic N) is 1. The van der Waals surface area contributed by atoms with E-state index in [9.17, 15) is 14.4 Å². The highest BCUT2D eigenvalue weighted by molar-refractivity contribution is 5.90. The number of carbonyl (C=O) groups is 2. The number of aromatic amines is 1. The van der Waals surface area contributed by atoms with E-state index in [1.165, 1.54) is 13.1 Å². The van der Waals surface area contributed by atoms with Crippen molar-refractivity contribution in [3.8, 4) is 5.75 Å². The summed E-state index contributed by atoms with van der Waals surface area (Å²) >= 11 is 0. The molecule has 1 aromatic carbocycles. The minimum atomic E-state index is -0.976. The van der Waals surface area contributed by atoms with Gasteiger partial charge in [0.1, 0.15) is 18.2 Å². The Hall–Kier alpha value is -3.16. The molecule has 0 aliphatic carbocycles. The molecule has 0 radical (unpaired) electrons. The van der Waals surface area contributed by atoms with Crippen LogP contribution < -0.4 is 15.6 Å². The Morgan fingerprint density at radius 1 is 1.33 bits per heavy atom. The van der Waals surface area contributed by atoms with E-state index in [1.54, 1.807) is 24.3 Å². The molecule has 8 heteroatoms. The van der Waals surface area contributed by atoms with Gasteiger partial charge in [0, 0.05) is 25.1 Å². The van der Waals surface area contributed by atoms with Crippen LogP contribution in [0.2, 0.25) is 0 Å². The largest absolute Gasteiger partial charge is 0.484 e. The molecule has 0 unspecified atom stereocenters. The third-order valence-electron chi connectivity index (χ3n) is 3.10. The first-order valence-electron chi connectivity index (χ1n) is 7.24. The van der Waals surface area contributed by atoms with E-state index in [0.29, 0.717) is 22.8 Å². The third-order valence-corrected chi connectivity index (χ3v) is 3.10. The fourth-order valence-electron chi connectivity index (χ4n) is 1.98. The first kappa shape index (κ1) is 17.2. The lowest BCUT2D eigenvalue weighted by molar-refractivity contribution is -0.137. The standard InChI is InChI=1S/C16H17N3O5/c1-10(20)18-12-4-2-3-5-13(12)24-9-14-17-8-11(16(23)19-14)6-7-15(21)22/h2-5,8H,6-7,9H2,1H3,(H,18,20)(H,21,22)(H,17,19,23). The maximum atomic E-state index is 11.9. The lowest BCUT2D eigenvalue weighted by Crippen LogP contribution is -2.18. The lowest BCUT2D eigenvalue weighted by atomic mass is 10.2. The Morgan fingerprint density at radius 2 is 2.08 bits per heavy atom. The zero-order valence-electron chi connectivity index (χ0n) is 13.0. The number of rotatable bonds is 7. The van der Waals surface area contributed by atoms with Gasteiger partial charge in [-0.25, -0.2) is 4.98 Å². The molecule has 8 nitrogen and oxygen atoms in total. The smallest absolute Gasteiger partial charge is 0.303 e. The lowest BCUT2D eigenvalue weighted by Gasteiger charge is -2.11. The molecule has 0 spiro atoms. The SMILES string of the molecule is CC(=O)Nc1ccccc1OCc1ncc(CCC(=O)O)c(=O)[nH]1. The maximum Gasteiger partial charge on any atom is 0.303 e. The average Bonchev–Trinajstić information content (AvgIpc) is 2.52. The van der Waals surface area contributed by atoms with Crippen LogP contribution in [0.1, 0.15) is 24.7 Å². The van der Waals surface area contributed by atoms with Crippen molar-refractivity contribution in [3.05, 3.63) is 52.2 Å². The van der Waals surface area contributed by atoms with Crippen molar-refractivity contribution >= 4 is 17.6 Å². The van der Waals surface area contributed by atoms with Gasteiger partial charge in [0.2, 0.25) is 5.91 Å². The summed E-state index contributed by atoms with van der Waals surface area (Å²) in [7, 11) is 0. The van der Waals surface area contributed by atoms with Crippen LogP contribution in [0.5, 0.6) is 5.75 Å². The van der Waals surface area contributed by atoms with E-state index in [1.807, 2.05) is 0 Å². The Balaban J connectivity index is 2.05. The van der Waals surface area contributed by atoms with Crippen molar-refractivity contribution in [2.75, 3.05) is 5.32 Å². The first-order valence-corrected chi connectivity index (χ1v) is 7.24. The van der Waals surface area contributed by atoms with Gasteiger partial charge in [0.15, 0.2) is 0 Å². The molecule has 2 aromatic rings. The Labute approximate surface area is 137 Å². The predicted octanol–water partition coefficient (Wildman–Crippen LogP) is 1.32. The normalized spacial score (nSPS) is 10.2. The predicted molar refractivity (Wildman–Crippen MR) is 85.9 cm³/mol.